The van der Waals surface area contributed by atoms with Crippen LogP contribution >= 0.6 is 0 Å². The minimum Gasteiger partial charge on any atom is -0.497 e. The summed E-state index contributed by atoms with van der Waals surface area (Å²) in [6, 6.07) is 7.93. The Morgan fingerprint density at radius 2 is 1.97 bits per heavy atom. The first kappa shape index (κ1) is 20.0. The number of amides is 1. The molecule has 1 aliphatic heterocycles. The number of hydrogen-bond donors (Lipinski definition) is 0. The standard InChI is InChI=1S/C24H33N3O2/c1-17-23(18(2)27(25-17)21-9-6-10-22(15-21)29-3)11-12-24(28)26-14-13-19-7-4-5-8-20(19)16-26/h6,9-10,15,19-20H,4-5,7-8,11-14,16H2,1-3H3/t19-,20-/m0/s1. The lowest BCUT2D eigenvalue weighted by atomic mass is 9.75. The molecule has 0 radical (unpaired) electrons. The molecule has 5 heteroatoms. The highest BCUT2D eigenvalue weighted by Crippen LogP contribution is 2.36. The minimum absolute atomic E-state index is 0.307. The molecule has 1 aromatic carbocycles. The lowest BCUT2D eigenvalue weighted by Crippen LogP contribution is -2.44. The van der Waals surface area contributed by atoms with E-state index in [1.807, 2.05) is 35.9 Å². The molecule has 2 heterocycles. The average Bonchev–Trinajstić information content (AvgIpc) is 3.05. The van der Waals surface area contributed by atoms with Crippen LogP contribution in [0.4, 0.5) is 0 Å². The molecule has 5 nitrogen and oxygen atoms in total. The molecule has 0 bridgehead atoms. The Balaban J connectivity index is 1.42. The lowest BCUT2D eigenvalue weighted by Gasteiger charge is -2.41. The largest absolute Gasteiger partial charge is 0.497 e. The number of rotatable bonds is 5. The lowest BCUT2D eigenvalue weighted by molar-refractivity contribution is -0.134. The number of carbonyl (C=O) groups is 1. The number of aryl methyl sites for hydroxylation is 1. The van der Waals surface area contributed by atoms with Crippen LogP contribution < -0.4 is 4.74 Å². The number of methoxy groups -OCH3 is 1. The van der Waals surface area contributed by atoms with Crippen molar-refractivity contribution in [3.8, 4) is 11.4 Å². The van der Waals surface area contributed by atoms with E-state index in [1.54, 1.807) is 7.11 Å². The SMILES string of the molecule is COc1cccc(-n2nc(C)c(CCC(=O)N3CC[C@@H]4CCCC[C@H]4C3)c2C)c1. The summed E-state index contributed by atoms with van der Waals surface area (Å²) < 4.78 is 7.31. The maximum absolute atomic E-state index is 12.9. The molecule has 4 rings (SSSR count). The highest BCUT2D eigenvalue weighted by molar-refractivity contribution is 5.76. The van der Waals surface area contributed by atoms with Crippen molar-refractivity contribution >= 4 is 5.91 Å². The van der Waals surface area contributed by atoms with E-state index >= 15 is 0 Å². The smallest absolute Gasteiger partial charge is 0.222 e. The second kappa shape index (κ2) is 8.60. The van der Waals surface area contributed by atoms with E-state index in [2.05, 4.69) is 11.8 Å². The van der Waals surface area contributed by atoms with Gasteiger partial charge in [-0.3, -0.25) is 4.79 Å². The highest BCUT2D eigenvalue weighted by Gasteiger charge is 2.32. The second-order valence-corrected chi connectivity index (χ2v) is 8.70. The molecule has 0 N–H and O–H groups in total. The van der Waals surface area contributed by atoms with Gasteiger partial charge < -0.3 is 9.64 Å². The molecule has 1 saturated carbocycles. The molecule has 1 aliphatic carbocycles. The third kappa shape index (κ3) is 4.19. The predicted molar refractivity (Wildman–Crippen MR) is 115 cm³/mol. The summed E-state index contributed by atoms with van der Waals surface area (Å²) in [5.41, 5.74) is 4.29. The first-order chi connectivity index (χ1) is 14.1. The van der Waals surface area contributed by atoms with Crippen LogP contribution in [0.5, 0.6) is 5.75 Å². The van der Waals surface area contributed by atoms with Crippen molar-refractivity contribution in [3.05, 3.63) is 41.2 Å². The molecule has 2 fully saturated rings. The Morgan fingerprint density at radius 1 is 1.17 bits per heavy atom. The Morgan fingerprint density at radius 3 is 2.76 bits per heavy atom. The zero-order valence-electron chi connectivity index (χ0n) is 18.0. The summed E-state index contributed by atoms with van der Waals surface area (Å²) in [6.45, 7) is 6.05. The van der Waals surface area contributed by atoms with Crippen LogP contribution in [0.15, 0.2) is 24.3 Å². The number of hydrogen-bond acceptors (Lipinski definition) is 3. The Kier molecular flexibility index (Phi) is 5.93. The molecule has 0 spiro atoms. The topological polar surface area (TPSA) is 47.4 Å². The summed E-state index contributed by atoms with van der Waals surface area (Å²) in [5.74, 6) is 2.72. The van der Waals surface area contributed by atoms with Crippen LogP contribution in [-0.2, 0) is 11.2 Å². The zero-order chi connectivity index (χ0) is 20.4. The van der Waals surface area contributed by atoms with Crippen molar-refractivity contribution in [2.45, 2.75) is 58.8 Å². The average molecular weight is 396 g/mol. The number of benzene rings is 1. The van der Waals surface area contributed by atoms with Gasteiger partial charge in [-0.1, -0.05) is 25.3 Å². The van der Waals surface area contributed by atoms with Crippen molar-refractivity contribution in [1.29, 1.82) is 0 Å². The number of carbonyl (C=O) groups excluding carboxylic acids is 1. The van der Waals surface area contributed by atoms with Crippen LogP contribution in [0, 0.1) is 25.7 Å². The second-order valence-electron chi connectivity index (χ2n) is 8.70. The van der Waals surface area contributed by atoms with E-state index in [1.165, 1.54) is 37.7 Å². The maximum atomic E-state index is 12.9. The fourth-order valence-corrected chi connectivity index (χ4v) is 5.25. The summed E-state index contributed by atoms with van der Waals surface area (Å²) in [5, 5.41) is 4.74. The van der Waals surface area contributed by atoms with Gasteiger partial charge in [0.1, 0.15) is 5.75 Å². The van der Waals surface area contributed by atoms with E-state index in [9.17, 15) is 4.79 Å². The fraction of sp³-hybridized carbons (Fsp3) is 0.583. The number of likely N-dealkylation sites (tertiary alicyclic amines) is 1. The van der Waals surface area contributed by atoms with E-state index in [-0.39, 0.29) is 0 Å². The van der Waals surface area contributed by atoms with Gasteiger partial charge in [0.05, 0.1) is 18.5 Å². The van der Waals surface area contributed by atoms with Crippen LogP contribution in [0.2, 0.25) is 0 Å². The number of nitrogens with zero attached hydrogens (tertiary/aromatic N) is 3. The molecule has 2 aliphatic rings. The molecule has 1 saturated heterocycles. The summed E-state index contributed by atoms with van der Waals surface area (Å²) >= 11 is 0. The Hall–Kier alpha value is -2.30. The van der Waals surface area contributed by atoms with Crippen LogP contribution in [0.25, 0.3) is 5.69 Å². The minimum atomic E-state index is 0.307. The quantitative estimate of drug-likeness (QED) is 0.750. The van der Waals surface area contributed by atoms with Crippen LogP contribution in [0.3, 0.4) is 0 Å². The van der Waals surface area contributed by atoms with Crippen LogP contribution in [0.1, 0.15) is 55.5 Å². The van der Waals surface area contributed by atoms with Crippen LogP contribution in [-0.4, -0.2) is 40.8 Å². The Labute approximate surface area is 174 Å². The molecule has 2 atom stereocenters. The van der Waals surface area contributed by atoms with Gasteiger partial charge in [-0.05, 0) is 62.6 Å². The molecule has 2 aromatic rings. The van der Waals surface area contributed by atoms with Gasteiger partial charge >= 0.3 is 0 Å². The number of piperidine rings is 1. The van der Waals surface area contributed by atoms with Crippen molar-refractivity contribution in [3.63, 3.8) is 0 Å². The molecule has 1 amide bonds. The summed E-state index contributed by atoms with van der Waals surface area (Å²) in [6.07, 6.45) is 7.92. The molecule has 1 aromatic heterocycles. The third-order valence-electron chi connectivity index (χ3n) is 6.97. The van der Waals surface area contributed by atoms with Crippen molar-refractivity contribution in [2.75, 3.05) is 20.2 Å². The Bertz CT molecular complexity index is 873. The van der Waals surface area contributed by atoms with Gasteiger partial charge in [-0.25, -0.2) is 4.68 Å². The first-order valence-corrected chi connectivity index (χ1v) is 11.0. The zero-order valence-corrected chi connectivity index (χ0v) is 18.0. The van der Waals surface area contributed by atoms with Gasteiger partial charge in [0, 0.05) is 31.3 Å². The van der Waals surface area contributed by atoms with Gasteiger partial charge in [0.2, 0.25) is 5.91 Å². The van der Waals surface area contributed by atoms with E-state index in [0.717, 1.165) is 54.2 Å². The van der Waals surface area contributed by atoms with Gasteiger partial charge in [0.25, 0.3) is 0 Å². The van der Waals surface area contributed by atoms with E-state index < -0.39 is 0 Å². The fourth-order valence-electron chi connectivity index (χ4n) is 5.25. The van der Waals surface area contributed by atoms with E-state index in [4.69, 9.17) is 9.84 Å². The summed E-state index contributed by atoms with van der Waals surface area (Å²) in [4.78, 5) is 15.0. The molecule has 156 valence electrons. The number of aromatic nitrogens is 2. The molecule has 29 heavy (non-hydrogen) atoms. The molecular formula is C24H33N3O2. The molecule has 0 unspecified atom stereocenters. The number of fused-ring (bicyclic) bond motifs is 1. The normalized spacial score (nSPS) is 21.7. The maximum Gasteiger partial charge on any atom is 0.222 e. The number of ether oxygens (including phenoxy) is 1. The monoisotopic (exact) mass is 395 g/mol. The van der Waals surface area contributed by atoms with Gasteiger partial charge in [0.15, 0.2) is 0 Å². The predicted octanol–water partition coefficient (Wildman–Crippen LogP) is 4.47. The van der Waals surface area contributed by atoms with Crippen molar-refractivity contribution < 1.29 is 9.53 Å². The van der Waals surface area contributed by atoms with Crippen molar-refractivity contribution in [2.24, 2.45) is 11.8 Å². The summed E-state index contributed by atoms with van der Waals surface area (Å²) in [7, 11) is 1.67. The highest BCUT2D eigenvalue weighted by atomic mass is 16.5. The van der Waals surface area contributed by atoms with Crippen molar-refractivity contribution in [1.82, 2.24) is 14.7 Å². The van der Waals surface area contributed by atoms with Gasteiger partial charge in [-0.15, -0.1) is 0 Å². The van der Waals surface area contributed by atoms with Gasteiger partial charge in [-0.2, -0.15) is 5.10 Å². The third-order valence-corrected chi connectivity index (χ3v) is 6.97. The van der Waals surface area contributed by atoms with E-state index in [0.29, 0.717) is 12.3 Å². The molecular weight excluding hydrogens is 362 g/mol. The first-order valence-electron chi connectivity index (χ1n) is 11.0.